The highest BCUT2D eigenvalue weighted by molar-refractivity contribution is 7.92. The molecule has 10 heteroatoms. The van der Waals surface area contributed by atoms with Crippen molar-refractivity contribution in [2.75, 3.05) is 17.4 Å². The van der Waals surface area contributed by atoms with Gasteiger partial charge in [0.25, 0.3) is 10.0 Å². The topological polar surface area (TPSA) is 86.8 Å². The number of benzene rings is 4. The van der Waals surface area contributed by atoms with Crippen LogP contribution in [0.15, 0.2) is 114 Å². The number of carbonyl (C=O) groups excluding carboxylic acids is 2. The summed E-state index contributed by atoms with van der Waals surface area (Å²) in [5.41, 5.74) is 1.42. The predicted molar refractivity (Wildman–Crippen MR) is 166 cm³/mol. The van der Waals surface area contributed by atoms with Crippen LogP contribution in [-0.4, -0.2) is 44.3 Å². The summed E-state index contributed by atoms with van der Waals surface area (Å²) in [5.74, 6) is -1.96. The standard InChI is InChI=1S/C34H35F2N3O4S/c1-25(2)22-37-34(41)32(21-26-9-5-3-6-10-26)38(23-27-13-15-28(35)16-14-27)33(40)24-39(30-19-17-29(36)18-20-30)44(42,43)31-11-7-4-8-12-31/h3-20,25,32H,21-24H2,1-2H3,(H,37,41). The molecule has 0 spiro atoms. The maximum absolute atomic E-state index is 14.3. The molecule has 230 valence electrons. The normalized spacial score (nSPS) is 12.0. The zero-order chi connectivity index (χ0) is 31.7. The minimum Gasteiger partial charge on any atom is -0.354 e. The lowest BCUT2D eigenvalue weighted by Crippen LogP contribution is -2.53. The number of rotatable bonds is 13. The van der Waals surface area contributed by atoms with E-state index in [1.165, 1.54) is 53.4 Å². The van der Waals surface area contributed by atoms with Crippen molar-refractivity contribution >= 4 is 27.5 Å². The molecule has 0 bridgehead atoms. The van der Waals surface area contributed by atoms with Gasteiger partial charge >= 0.3 is 0 Å². The van der Waals surface area contributed by atoms with Crippen LogP contribution in [0.2, 0.25) is 0 Å². The van der Waals surface area contributed by atoms with E-state index in [0.29, 0.717) is 12.1 Å². The molecule has 7 nitrogen and oxygen atoms in total. The number of hydrogen-bond donors (Lipinski definition) is 1. The maximum Gasteiger partial charge on any atom is 0.264 e. The Morgan fingerprint density at radius 3 is 1.86 bits per heavy atom. The van der Waals surface area contributed by atoms with Crippen molar-refractivity contribution in [2.45, 2.75) is 37.8 Å². The number of nitrogens with one attached hydrogen (secondary N) is 1. The van der Waals surface area contributed by atoms with Gasteiger partial charge in [-0.1, -0.05) is 74.5 Å². The fourth-order valence-electron chi connectivity index (χ4n) is 4.62. The second-order valence-corrected chi connectivity index (χ2v) is 12.7. The van der Waals surface area contributed by atoms with Crippen LogP contribution < -0.4 is 9.62 Å². The van der Waals surface area contributed by atoms with Crippen molar-refractivity contribution < 1.29 is 26.8 Å². The molecule has 1 atom stereocenters. The second-order valence-electron chi connectivity index (χ2n) is 10.8. The Hall–Kier alpha value is -4.57. The van der Waals surface area contributed by atoms with Gasteiger partial charge in [0.15, 0.2) is 0 Å². The quantitative estimate of drug-likeness (QED) is 0.212. The molecule has 0 aliphatic rings. The van der Waals surface area contributed by atoms with Crippen LogP contribution in [0.1, 0.15) is 25.0 Å². The van der Waals surface area contributed by atoms with Crippen molar-refractivity contribution in [1.29, 1.82) is 0 Å². The Kier molecular flexibility index (Phi) is 10.8. The Morgan fingerprint density at radius 1 is 0.750 bits per heavy atom. The van der Waals surface area contributed by atoms with Gasteiger partial charge < -0.3 is 10.2 Å². The summed E-state index contributed by atoms with van der Waals surface area (Å²) in [4.78, 5) is 29.3. The molecule has 0 aromatic heterocycles. The molecule has 0 saturated heterocycles. The van der Waals surface area contributed by atoms with E-state index in [2.05, 4.69) is 5.32 Å². The Morgan fingerprint density at radius 2 is 1.30 bits per heavy atom. The van der Waals surface area contributed by atoms with E-state index >= 15 is 0 Å². The molecular weight excluding hydrogens is 584 g/mol. The molecule has 0 aliphatic heterocycles. The van der Waals surface area contributed by atoms with E-state index in [9.17, 15) is 26.8 Å². The van der Waals surface area contributed by atoms with Crippen LogP contribution in [0.4, 0.5) is 14.5 Å². The van der Waals surface area contributed by atoms with E-state index in [1.54, 1.807) is 18.2 Å². The van der Waals surface area contributed by atoms with Crippen LogP contribution in [0.3, 0.4) is 0 Å². The van der Waals surface area contributed by atoms with E-state index < -0.39 is 46.1 Å². The molecule has 44 heavy (non-hydrogen) atoms. The van der Waals surface area contributed by atoms with Crippen LogP contribution >= 0.6 is 0 Å². The highest BCUT2D eigenvalue weighted by Gasteiger charge is 2.34. The smallest absolute Gasteiger partial charge is 0.264 e. The van der Waals surface area contributed by atoms with Gasteiger partial charge in [0, 0.05) is 19.5 Å². The third-order valence-corrected chi connectivity index (χ3v) is 8.73. The molecule has 1 unspecified atom stereocenters. The predicted octanol–water partition coefficient (Wildman–Crippen LogP) is 5.57. The van der Waals surface area contributed by atoms with Gasteiger partial charge in [0.05, 0.1) is 10.6 Å². The lowest BCUT2D eigenvalue weighted by molar-refractivity contribution is -0.140. The Labute approximate surface area is 257 Å². The van der Waals surface area contributed by atoms with Crippen LogP contribution in [0.25, 0.3) is 0 Å². The number of sulfonamides is 1. The molecule has 0 fully saturated rings. The fourth-order valence-corrected chi connectivity index (χ4v) is 6.05. The number of amides is 2. The zero-order valence-electron chi connectivity index (χ0n) is 24.6. The van der Waals surface area contributed by atoms with Gasteiger partial charge in [0.1, 0.15) is 24.2 Å². The molecule has 4 aromatic carbocycles. The van der Waals surface area contributed by atoms with Gasteiger partial charge in [-0.3, -0.25) is 13.9 Å². The van der Waals surface area contributed by atoms with Gasteiger partial charge in [-0.05, 0) is 65.6 Å². The highest BCUT2D eigenvalue weighted by atomic mass is 32.2. The van der Waals surface area contributed by atoms with E-state index in [0.717, 1.165) is 22.0 Å². The van der Waals surface area contributed by atoms with Crippen molar-refractivity contribution in [3.63, 3.8) is 0 Å². The Balaban J connectivity index is 1.78. The number of nitrogens with zero attached hydrogens (tertiary/aromatic N) is 2. The monoisotopic (exact) mass is 619 g/mol. The van der Waals surface area contributed by atoms with Crippen LogP contribution in [0, 0.1) is 17.6 Å². The van der Waals surface area contributed by atoms with E-state index in [-0.39, 0.29) is 29.5 Å². The van der Waals surface area contributed by atoms with E-state index in [4.69, 9.17) is 0 Å². The molecule has 1 N–H and O–H groups in total. The molecule has 0 saturated carbocycles. The SMILES string of the molecule is CC(C)CNC(=O)C(Cc1ccccc1)N(Cc1ccc(F)cc1)C(=O)CN(c1ccc(F)cc1)S(=O)(=O)c1ccccc1. The number of halogens is 2. The number of carbonyl (C=O) groups is 2. The summed E-state index contributed by atoms with van der Waals surface area (Å²) in [6, 6.07) is 26.1. The maximum atomic E-state index is 14.3. The molecule has 2 amide bonds. The first-order valence-electron chi connectivity index (χ1n) is 14.2. The van der Waals surface area contributed by atoms with Gasteiger partial charge in [-0.25, -0.2) is 17.2 Å². The Bertz CT molecular complexity index is 1630. The first kappa shape index (κ1) is 32.3. The van der Waals surface area contributed by atoms with E-state index in [1.807, 2.05) is 44.2 Å². The molecule has 0 aliphatic carbocycles. The molecule has 4 rings (SSSR count). The number of anilines is 1. The first-order valence-corrected chi connectivity index (χ1v) is 15.7. The average molecular weight is 620 g/mol. The minimum absolute atomic E-state index is 0.0577. The summed E-state index contributed by atoms with van der Waals surface area (Å²) >= 11 is 0. The highest BCUT2D eigenvalue weighted by Crippen LogP contribution is 2.25. The lowest BCUT2D eigenvalue weighted by Gasteiger charge is -2.34. The molecule has 0 radical (unpaired) electrons. The van der Waals surface area contributed by atoms with Crippen molar-refractivity contribution in [3.8, 4) is 0 Å². The lowest BCUT2D eigenvalue weighted by atomic mass is 10.0. The number of hydrogen-bond acceptors (Lipinski definition) is 4. The average Bonchev–Trinajstić information content (AvgIpc) is 3.02. The largest absolute Gasteiger partial charge is 0.354 e. The second kappa shape index (κ2) is 14.7. The summed E-state index contributed by atoms with van der Waals surface area (Å²) in [7, 11) is -4.29. The third-order valence-electron chi connectivity index (χ3n) is 6.95. The summed E-state index contributed by atoms with van der Waals surface area (Å²) in [6.07, 6.45) is 0.152. The minimum atomic E-state index is -4.29. The molecule has 4 aromatic rings. The molecular formula is C34H35F2N3O4S. The van der Waals surface area contributed by atoms with Crippen LogP contribution in [-0.2, 0) is 32.6 Å². The first-order chi connectivity index (χ1) is 21.0. The van der Waals surface area contributed by atoms with Crippen LogP contribution in [0.5, 0.6) is 0 Å². The van der Waals surface area contributed by atoms with Crippen molar-refractivity contribution in [2.24, 2.45) is 5.92 Å². The van der Waals surface area contributed by atoms with Crippen molar-refractivity contribution in [1.82, 2.24) is 10.2 Å². The molecule has 0 heterocycles. The summed E-state index contributed by atoms with van der Waals surface area (Å²) in [5, 5.41) is 2.91. The summed E-state index contributed by atoms with van der Waals surface area (Å²) < 4.78 is 56.3. The van der Waals surface area contributed by atoms with Gasteiger partial charge in [-0.15, -0.1) is 0 Å². The third kappa shape index (κ3) is 8.50. The van der Waals surface area contributed by atoms with Gasteiger partial charge in [-0.2, -0.15) is 0 Å². The van der Waals surface area contributed by atoms with Gasteiger partial charge in [0.2, 0.25) is 11.8 Å². The van der Waals surface area contributed by atoms with Crippen molar-refractivity contribution in [3.05, 3.63) is 132 Å². The fraction of sp³-hybridized carbons (Fsp3) is 0.235. The summed E-state index contributed by atoms with van der Waals surface area (Å²) in [6.45, 7) is 3.50. The zero-order valence-corrected chi connectivity index (χ0v) is 25.4.